The molecule has 0 N–H and O–H groups in total. The molecule has 0 saturated carbocycles. The number of rotatable bonds is 7. The molecule has 1 rings (SSSR count). The topological polar surface area (TPSA) is 55.7 Å². The Kier molecular flexibility index (Phi) is 5.85. The van der Waals surface area contributed by atoms with Crippen LogP contribution in [0, 0.1) is 0 Å². The summed E-state index contributed by atoms with van der Waals surface area (Å²) < 4.78 is 28.3. The second kappa shape index (κ2) is 7.16. The van der Waals surface area contributed by atoms with Crippen LogP contribution in [0.3, 0.4) is 0 Å². The molecule has 0 heterocycles. The summed E-state index contributed by atoms with van der Waals surface area (Å²) in [6, 6.07) is 8.03. The SMILES string of the molecule is CCCCC(CC)=NOS(=O)(=O)c1ccccc1. The molecule has 0 unspecified atom stereocenters. The van der Waals surface area contributed by atoms with Gasteiger partial charge in [-0.05, 0) is 31.4 Å². The maximum atomic E-state index is 11.8. The molecule has 0 aliphatic carbocycles. The summed E-state index contributed by atoms with van der Waals surface area (Å²) in [5.74, 6) is 0. The van der Waals surface area contributed by atoms with Crippen molar-refractivity contribution in [3.8, 4) is 0 Å². The van der Waals surface area contributed by atoms with Crippen LogP contribution in [0.4, 0.5) is 0 Å². The van der Waals surface area contributed by atoms with Gasteiger partial charge in [0, 0.05) is 0 Å². The van der Waals surface area contributed by atoms with Crippen molar-refractivity contribution in [2.75, 3.05) is 0 Å². The molecule has 0 spiro atoms. The molecule has 0 atom stereocenters. The first-order chi connectivity index (χ1) is 8.60. The van der Waals surface area contributed by atoms with Crippen molar-refractivity contribution in [2.45, 2.75) is 44.4 Å². The summed E-state index contributed by atoms with van der Waals surface area (Å²) in [6.07, 6.45) is 3.51. The van der Waals surface area contributed by atoms with Gasteiger partial charge in [0.2, 0.25) is 0 Å². The predicted molar refractivity (Wildman–Crippen MR) is 72.0 cm³/mol. The number of benzene rings is 1. The Labute approximate surface area is 109 Å². The van der Waals surface area contributed by atoms with Crippen LogP contribution in [0.5, 0.6) is 0 Å². The Morgan fingerprint density at radius 3 is 2.44 bits per heavy atom. The minimum absolute atomic E-state index is 0.125. The van der Waals surface area contributed by atoms with Gasteiger partial charge in [0.05, 0.1) is 5.71 Å². The lowest BCUT2D eigenvalue weighted by atomic mass is 10.1. The van der Waals surface area contributed by atoms with Gasteiger partial charge in [-0.2, -0.15) is 8.42 Å². The highest BCUT2D eigenvalue weighted by Gasteiger charge is 2.15. The van der Waals surface area contributed by atoms with Crippen LogP contribution in [0.25, 0.3) is 0 Å². The second-order valence-electron chi connectivity index (χ2n) is 3.96. The summed E-state index contributed by atoms with van der Waals surface area (Å²) >= 11 is 0. The number of nitrogens with zero attached hydrogens (tertiary/aromatic N) is 1. The van der Waals surface area contributed by atoms with Crippen molar-refractivity contribution in [3.05, 3.63) is 30.3 Å². The smallest absolute Gasteiger partial charge is 0.265 e. The zero-order chi connectivity index (χ0) is 13.4. The van der Waals surface area contributed by atoms with Gasteiger partial charge in [-0.15, -0.1) is 0 Å². The van der Waals surface area contributed by atoms with E-state index in [1.165, 1.54) is 12.1 Å². The quantitative estimate of drug-likeness (QED) is 0.563. The van der Waals surface area contributed by atoms with Crippen LogP contribution >= 0.6 is 0 Å². The van der Waals surface area contributed by atoms with E-state index in [-0.39, 0.29) is 4.90 Å². The van der Waals surface area contributed by atoms with Crippen LogP contribution < -0.4 is 0 Å². The summed E-state index contributed by atoms with van der Waals surface area (Å²) in [4.78, 5) is 0.125. The lowest BCUT2D eigenvalue weighted by Crippen LogP contribution is -2.05. The highest BCUT2D eigenvalue weighted by molar-refractivity contribution is 7.86. The summed E-state index contributed by atoms with van der Waals surface area (Å²) in [6.45, 7) is 4.02. The molecule has 0 amide bonds. The predicted octanol–water partition coefficient (Wildman–Crippen LogP) is 3.35. The molecule has 4 nitrogen and oxygen atoms in total. The van der Waals surface area contributed by atoms with Crippen molar-refractivity contribution in [1.82, 2.24) is 0 Å². The van der Waals surface area contributed by atoms with Gasteiger partial charge in [-0.25, -0.2) is 0 Å². The first-order valence-electron chi connectivity index (χ1n) is 6.14. The second-order valence-corrected chi connectivity index (χ2v) is 5.49. The molecular weight excluding hydrogens is 250 g/mol. The zero-order valence-corrected chi connectivity index (χ0v) is 11.6. The van der Waals surface area contributed by atoms with Gasteiger partial charge in [0.25, 0.3) is 0 Å². The highest BCUT2D eigenvalue weighted by atomic mass is 32.2. The number of unbranched alkanes of at least 4 members (excludes halogenated alkanes) is 1. The molecule has 5 heteroatoms. The van der Waals surface area contributed by atoms with E-state index < -0.39 is 10.1 Å². The van der Waals surface area contributed by atoms with Crippen LogP contribution in [-0.2, 0) is 14.4 Å². The zero-order valence-electron chi connectivity index (χ0n) is 10.8. The molecule has 0 radical (unpaired) electrons. The molecule has 0 aromatic heterocycles. The van der Waals surface area contributed by atoms with Crippen molar-refractivity contribution in [3.63, 3.8) is 0 Å². The summed E-state index contributed by atoms with van der Waals surface area (Å²) in [5.41, 5.74) is 0.774. The molecule has 0 aliphatic rings. The summed E-state index contributed by atoms with van der Waals surface area (Å²) in [7, 11) is -3.78. The summed E-state index contributed by atoms with van der Waals surface area (Å²) in [5, 5.41) is 3.76. The van der Waals surface area contributed by atoms with E-state index in [4.69, 9.17) is 4.28 Å². The molecule has 0 bridgehead atoms. The van der Waals surface area contributed by atoms with Crippen LogP contribution in [0.1, 0.15) is 39.5 Å². The fourth-order valence-electron chi connectivity index (χ4n) is 1.40. The van der Waals surface area contributed by atoms with Crippen LogP contribution in [0.15, 0.2) is 40.4 Å². The van der Waals surface area contributed by atoms with E-state index in [2.05, 4.69) is 12.1 Å². The van der Waals surface area contributed by atoms with Gasteiger partial charge >= 0.3 is 10.1 Å². The van der Waals surface area contributed by atoms with E-state index in [1.807, 2.05) is 6.92 Å². The lowest BCUT2D eigenvalue weighted by molar-refractivity contribution is 0.336. The van der Waals surface area contributed by atoms with Crippen molar-refractivity contribution >= 4 is 15.8 Å². The van der Waals surface area contributed by atoms with Gasteiger partial charge in [0.15, 0.2) is 0 Å². The van der Waals surface area contributed by atoms with Crippen molar-refractivity contribution in [2.24, 2.45) is 5.16 Å². The van der Waals surface area contributed by atoms with Gasteiger partial charge in [0.1, 0.15) is 4.90 Å². The Balaban J connectivity index is 2.74. The largest absolute Gasteiger partial charge is 0.358 e. The lowest BCUT2D eigenvalue weighted by Gasteiger charge is -2.04. The van der Waals surface area contributed by atoms with Gasteiger partial charge in [-0.3, -0.25) is 4.28 Å². The molecule has 1 aromatic carbocycles. The molecular formula is C13H19NO3S. The third-order valence-electron chi connectivity index (χ3n) is 2.52. The molecule has 0 fully saturated rings. The van der Waals surface area contributed by atoms with Crippen LogP contribution in [-0.4, -0.2) is 14.1 Å². The molecule has 1 aromatic rings. The fraction of sp³-hybridized carbons (Fsp3) is 0.462. The average molecular weight is 269 g/mol. The molecule has 0 aliphatic heterocycles. The van der Waals surface area contributed by atoms with E-state index in [0.717, 1.165) is 25.0 Å². The Hall–Kier alpha value is -1.36. The number of hydrogen-bond donors (Lipinski definition) is 0. The number of oxime groups is 1. The first-order valence-corrected chi connectivity index (χ1v) is 7.55. The molecule has 0 saturated heterocycles. The fourth-order valence-corrected chi connectivity index (χ4v) is 2.18. The van der Waals surface area contributed by atoms with Gasteiger partial charge < -0.3 is 0 Å². The normalized spacial score (nSPS) is 12.4. The van der Waals surface area contributed by atoms with E-state index >= 15 is 0 Å². The number of hydrogen-bond acceptors (Lipinski definition) is 4. The monoisotopic (exact) mass is 269 g/mol. The molecule has 18 heavy (non-hydrogen) atoms. The maximum Gasteiger partial charge on any atom is 0.358 e. The van der Waals surface area contributed by atoms with E-state index in [1.54, 1.807) is 18.2 Å². The Morgan fingerprint density at radius 2 is 1.89 bits per heavy atom. The minimum Gasteiger partial charge on any atom is -0.265 e. The van der Waals surface area contributed by atoms with Crippen molar-refractivity contribution < 1.29 is 12.7 Å². The van der Waals surface area contributed by atoms with Crippen LogP contribution in [0.2, 0.25) is 0 Å². The third-order valence-corrected chi connectivity index (χ3v) is 3.64. The average Bonchev–Trinajstić information content (AvgIpc) is 2.40. The minimum atomic E-state index is -3.78. The third kappa shape index (κ3) is 4.49. The van der Waals surface area contributed by atoms with Gasteiger partial charge in [-0.1, -0.05) is 43.6 Å². The standard InChI is InChI=1S/C13H19NO3S/c1-3-5-9-12(4-2)14-17-18(15,16)13-10-7-6-8-11-13/h6-8,10-11H,3-5,9H2,1-2H3. The van der Waals surface area contributed by atoms with Crippen molar-refractivity contribution in [1.29, 1.82) is 0 Å². The first kappa shape index (κ1) is 14.7. The Morgan fingerprint density at radius 1 is 1.22 bits per heavy atom. The highest BCUT2D eigenvalue weighted by Crippen LogP contribution is 2.12. The van der Waals surface area contributed by atoms with E-state index in [9.17, 15) is 8.42 Å². The maximum absolute atomic E-state index is 11.8. The molecule has 100 valence electrons. The Bertz CT molecular complexity index is 480. The van der Waals surface area contributed by atoms with E-state index in [0.29, 0.717) is 6.42 Å².